The molecule has 76 heavy (non-hydrogen) atoms. The summed E-state index contributed by atoms with van der Waals surface area (Å²) in [6, 6.07) is 71.6. The van der Waals surface area contributed by atoms with Gasteiger partial charge in [-0.15, -0.1) is 0 Å². The summed E-state index contributed by atoms with van der Waals surface area (Å²) in [7, 11) is 0. The first-order valence-electron chi connectivity index (χ1n) is 28.0. The zero-order chi connectivity index (χ0) is 48.8. The van der Waals surface area contributed by atoms with Crippen molar-refractivity contribution in [2.45, 2.75) is 57.4 Å². The standard InChI is InChI=1S/C71H47BN4/c1-3-19-41-39(15-1)17-9-23-43(41)47-37-38-60-64-61(47)52-28-12-30-54-66(52)76(72(64)56-31-13-26-50-46-22-6-8-33-58(46)74(60)67(50)56)71-55-36-35-48(44-24-10-18-40-16-2-4-20-42(40)44)62-51-27-14-34-59-63(51)69(75(68(55)62)70(54)71)53-29-11-25-49-45-21-5-7-32-57(45)73(59)65(49)53/h5-14,17-18,21-38,69H,1-4,15-16,19-20H2. The minimum atomic E-state index is -0.0702. The molecule has 0 spiro atoms. The van der Waals surface area contributed by atoms with Crippen LogP contribution in [0, 0.1) is 0 Å². The number of aryl methyl sites for hydroxylation is 2. The molecule has 1 atom stereocenters. The van der Waals surface area contributed by atoms with Crippen LogP contribution in [-0.2, 0) is 25.7 Å². The first-order chi connectivity index (χ1) is 37.8. The fraction of sp³-hybridized carbons (Fsp3) is 0.127. The van der Waals surface area contributed by atoms with Gasteiger partial charge in [0.2, 0.25) is 0 Å². The molecule has 0 radical (unpaired) electrons. The second kappa shape index (κ2) is 13.7. The number of benzene rings is 10. The van der Waals surface area contributed by atoms with Crippen molar-refractivity contribution >= 4 is 94.2 Å². The Labute approximate surface area is 438 Å². The van der Waals surface area contributed by atoms with Gasteiger partial charge in [-0.25, -0.2) is 0 Å². The number of aromatic nitrogens is 4. The van der Waals surface area contributed by atoms with Crippen molar-refractivity contribution in [1.82, 2.24) is 18.2 Å². The second-order valence-electron chi connectivity index (χ2n) is 23.0. The van der Waals surface area contributed by atoms with E-state index < -0.39 is 0 Å². The summed E-state index contributed by atoms with van der Waals surface area (Å²) < 4.78 is 11.0. The SMILES string of the molecule is c1cc2c(c(-c3ccc4c5c3-c3cccc6c3n(c3c7ccc(-c8cccc9c8CCCC9)c8c7n(c63)C3c6c-8cccc6-n6c7ccccc7c7cccc3c76)B5c3cccc5c6ccccc6n-4c35)c1)CCCC2. The fourth-order valence-corrected chi connectivity index (χ4v) is 17.0. The molecule has 0 saturated heterocycles. The molecule has 0 amide bonds. The molecule has 6 aliphatic rings. The van der Waals surface area contributed by atoms with Crippen LogP contribution in [0.2, 0.25) is 0 Å². The molecule has 0 fully saturated rings. The average Bonchev–Trinajstić information content (AvgIpc) is 4.37. The van der Waals surface area contributed by atoms with E-state index in [1.54, 1.807) is 11.1 Å². The van der Waals surface area contributed by atoms with E-state index in [1.165, 1.54) is 191 Å². The molecule has 20 rings (SSSR count). The van der Waals surface area contributed by atoms with Crippen molar-refractivity contribution in [3.8, 4) is 55.9 Å². The predicted octanol–water partition coefficient (Wildman–Crippen LogP) is 15.9. The quantitative estimate of drug-likeness (QED) is 0.154. The molecule has 4 aromatic heterocycles. The molecular weight excluding hydrogens is 920 g/mol. The smallest absolute Gasteiger partial charge is 0.333 e. The lowest BCUT2D eigenvalue weighted by atomic mass is 9.45. The molecular formula is C71H47BN4. The van der Waals surface area contributed by atoms with E-state index in [-0.39, 0.29) is 12.9 Å². The highest BCUT2D eigenvalue weighted by molar-refractivity contribution is 6.90. The van der Waals surface area contributed by atoms with Gasteiger partial charge >= 0.3 is 6.85 Å². The Kier molecular flexibility index (Phi) is 7.16. The van der Waals surface area contributed by atoms with Crippen LogP contribution >= 0.6 is 0 Å². The lowest BCUT2D eigenvalue weighted by Gasteiger charge is -2.37. The van der Waals surface area contributed by atoms with Gasteiger partial charge in [0.25, 0.3) is 0 Å². The number of fused-ring (bicyclic) bond motifs is 21. The van der Waals surface area contributed by atoms with Crippen molar-refractivity contribution in [2.75, 3.05) is 0 Å². The van der Waals surface area contributed by atoms with Crippen LogP contribution < -0.4 is 10.9 Å². The number of rotatable bonds is 2. The number of hydrogen-bond acceptors (Lipinski definition) is 0. The predicted molar refractivity (Wildman–Crippen MR) is 316 cm³/mol. The molecule has 2 aliphatic carbocycles. The highest BCUT2D eigenvalue weighted by Crippen LogP contribution is 2.59. The van der Waals surface area contributed by atoms with Gasteiger partial charge in [0.05, 0.1) is 50.3 Å². The van der Waals surface area contributed by atoms with Crippen LogP contribution in [0.1, 0.15) is 65.1 Å². The zero-order valence-corrected chi connectivity index (χ0v) is 41.9. The largest absolute Gasteiger partial charge is 0.374 e. The maximum atomic E-state index is 2.88. The zero-order valence-electron chi connectivity index (χ0n) is 41.9. The molecule has 0 bridgehead atoms. The van der Waals surface area contributed by atoms with Crippen molar-refractivity contribution in [3.05, 3.63) is 215 Å². The average molecular weight is 967 g/mol. The molecule has 5 heteroatoms. The van der Waals surface area contributed by atoms with Crippen LogP contribution in [0.5, 0.6) is 0 Å². The van der Waals surface area contributed by atoms with Crippen molar-refractivity contribution in [3.63, 3.8) is 0 Å². The van der Waals surface area contributed by atoms with E-state index in [0.29, 0.717) is 0 Å². The number of para-hydroxylation sites is 5. The Hall–Kier alpha value is -8.80. The molecule has 4 aliphatic heterocycles. The Morgan fingerprint density at radius 3 is 1.71 bits per heavy atom. The van der Waals surface area contributed by atoms with Gasteiger partial charge in [-0.1, -0.05) is 158 Å². The van der Waals surface area contributed by atoms with Crippen molar-refractivity contribution in [1.29, 1.82) is 0 Å². The molecule has 8 heterocycles. The third kappa shape index (κ3) is 4.47. The third-order valence-electron chi connectivity index (χ3n) is 19.7. The lowest BCUT2D eigenvalue weighted by Crippen LogP contribution is -2.55. The van der Waals surface area contributed by atoms with Crippen LogP contribution in [0.3, 0.4) is 0 Å². The minimum absolute atomic E-state index is 0.0516. The first-order valence-corrected chi connectivity index (χ1v) is 28.0. The third-order valence-corrected chi connectivity index (χ3v) is 19.7. The summed E-state index contributed by atoms with van der Waals surface area (Å²) in [6.45, 7) is -0.0702. The summed E-state index contributed by atoms with van der Waals surface area (Å²) in [5, 5.41) is 7.95. The van der Waals surface area contributed by atoms with Gasteiger partial charge < -0.3 is 18.2 Å². The molecule has 1 unspecified atom stereocenters. The van der Waals surface area contributed by atoms with Crippen molar-refractivity contribution < 1.29 is 0 Å². The first kappa shape index (κ1) is 39.6. The van der Waals surface area contributed by atoms with Gasteiger partial charge in [0.1, 0.15) is 0 Å². The summed E-state index contributed by atoms with van der Waals surface area (Å²) >= 11 is 0. The normalized spacial score (nSPS) is 16.1. The van der Waals surface area contributed by atoms with Crippen LogP contribution in [0.15, 0.2) is 182 Å². The van der Waals surface area contributed by atoms with Crippen LogP contribution in [-0.4, -0.2) is 25.0 Å². The van der Waals surface area contributed by atoms with E-state index in [4.69, 9.17) is 0 Å². The van der Waals surface area contributed by atoms with Crippen LogP contribution in [0.25, 0.3) is 132 Å². The van der Waals surface area contributed by atoms with E-state index in [0.717, 1.165) is 25.7 Å². The Bertz CT molecular complexity index is 5090. The number of nitrogens with zero attached hydrogens (tertiary/aromatic N) is 4. The lowest BCUT2D eigenvalue weighted by molar-refractivity contribution is 0.687. The molecule has 14 aromatic rings. The highest BCUT2D eigenvalue weighted by Gasteiger charge is 2.46. The maximum Gasteiger partial charge on any atom is 0.333 e. The van der Waals surface area contributed by atoms with Crippen molar-refractivity contribution in [2.24, 2.45) is 0 Å². The second-order valence-corrected chi connectivity index (χ2v) is 23.0. The Morgan fingerprint density at radius 1 is 0.355 bits per heavy atom. The number of hydrogen-bond donors (Lipinski definition) is 0. The van der Waals surface area contributed by atoms with E-state index in [2.05, 4.69) is 200 Å². The van der Waals surface area contributed by atoms with Gasteiger partial charge in [-0.3, -0.25) is 0 Å². The molecule has 0 saturated carbocycles. The molecule has 10 aromatic carbocycles. The monoisotopic (exact) mass is 966 g/mol. The van der Waals surface area contributed by atoms with E-state index in [9.17, 15) is 0 Å². The fourth-order valence-electron chi connectivity index (χ4n) is 17.0. The maximum absolute atomic E-state index is 2.88. The summed E-state index contributed by atoms with van der Waals surface area (Å²) in [4.78, 5) is 0. The van der Waals surface area contributed by atoms with Gasteiger partial charge in [-0.2, -0.15) is 0 Å². The molecule has 0 N–H and O–H groups in total. The Balaban J connectivity index is 0.998. The van der Waals surface area contributed by atoms with Gasteiger partial charge in [0.15, 0.2) is 0 Å². The van der Waals surface area contributed by atoms with Gasteiger partial charge in [-0.05, 0) is 142 Å². The van der Waals surface area contributed by atoms with E-state index in [1.807, 2.05) is 0 Å². The summed E-state index contributed by atoms with van der Waals surface area (Å²) in [5.74, 6) is 0. The molecule has 4 nitrogen and oxygen atoms in total. The summed E-state index contributed by atoms with van der Waals surface area (Å²) in [6.07, 6.45) is 9.57. The minimum Gasteiger partial charge on any atom is -0.374 e. The van der Waals surface area contributed by atoms with Crippen LogP contribution in [0.4, 0.5) is 0 Å². The Morgan fingerprint density at radius 2 is 0.934 bits per heavy atom. The molecule has 354 valence electrons. The van der Waals surface area contributed by atoms with Gasteiger partial charge in [0, 0.05) is 65.8 Å². The topological polar surface area (TPSA) is 19.7 Å². The summed E-state index contributed by atoms with van der Waals surface area (Å²) in [5.41, 5.74) is 36.0. The van der Waals surface area contributed by atoms with E-state index >= 15 is 0 Å². The highest BCUT2D eigenvalue weighted by atomic mass is 15.1.